The predicted molar refractivity (Wildman–Crippen MR) is 93.3 cm³/mol. The van der Waals surface area contributed by atoms with E-state index in [0.29, 0.717) is 16.7 Å². The molecule has 0 radical (unpaired) electrons. The average molecular weight is 353 g/mol. The first-order valence-corrected chi connectivity index (χ1v) is 8.09. The monoisotopic (exact) mass is 353 g/mol. The minimum absolute atomic E-state index is 0.276. The van der Waals surface area contributed by atoms with Crippen LogP contribution in [0.15, 0.2) is 54.6 Å². The highest BCUT2D eigenvalue weighted by Crippen LogP contribution is 2.49. The molecule has 1 aliphatic heterocycles. The van der Waals surface area contributed by atoms with Gasteiger partial charge in [-0.3, -0.25) is 14.4 Å². The standard InChI is InChI=1S/C20H19NO5/c1-21-17(22)14-11-7-8-12-15(14)20(21,13-9-5-4-6-10-13)16(18(23)25-2)19(24)26-3/h4-12,16H,1-3H3/t20-/m0/s1. The molecule has 0 bridgehead atoms. The molecule has 1 heterocycles. The average Bonchev–Trinajstić information content (AvgIpc) is 2.91. The van der Waals surface area contributed by atoms with Gasteiger partial charge in [0.2, 0.25) is 0 Å². The number of esters is 2. The summed E-state index contributed by atoms with van der Waals surface area (Å²) in [6.07, 6.45) is 0. The van der Waals surface area contributed by atoms with Gasteiger partial charge in [0.05, 0.1) is 14.2 Å². The third kappa shape index (κ3) is 2.29. The Hall–Kier alpha value is -3.15. The molecular weight excluding hydrogens is 334 g/mol. The van der Waals surface area contributed by atoms with E-state index in [1.165, 1.54) is 19.1 Å². The summed E-state index contributed by atoms with van der Waals surface area (Å²) in [4.78, 5) is 39.7. The van der Waals surface area contributed by atoms with Gasteiger partial charge >= 0.3 is 11.9 Å². The number of amides is 1. The predicted octanol–water partition coefficient (Wildman–Crippen LogP) is 1.98. The van der Waals surface area contributed by atoms with Crippen LogP contribution in [0.5, 0.6) is 0 Å². The summed E-state index contributed by atoms with van der Waals surface area (Å²) in [5.41, 5.74) is 0.285. The van der Waals surface area contributed by atoms with Gasteiger partial charge in [-0.15, -0.1) is 0 Å². The largest absolute Gasteiger partial charge is 0.468 e. The van der Waals surface area contributed by atoms with Crippen molar-refractivity contribution in [3.8, 4) is 0 Å². The number of nitrogens with zero attached hydrogens (tertiary/aromatic N) is 1. The highest BCUT2D eigenvalue weighted by atomic mass is 16.5. The SMILES string of the molecule is COC(=O)C(C(=O)OC)[C@]1(c2ccccc2)c2ccccc2C(=O)N1C. The summed E-state index contributed by atoms with van der Waals surface area (Å²) in [5.74, 6) is -3.17. The van der Waals surface area contributed by atoms with Crippen LogP contribution >= 0.6 is 0 Å². The lowest BCUT2D eigenvalue weighted by molar-refractivity contribution is -0.164. The number of hydrogen-bond donors (Lipinski definition) is 0. The molecule has 0 saturated carbocycles. The molecule has 2 aromatic carbocycles. The van der Waals surface area contributed by atoms with Crippen LogP contribution in [-0.4, -0.2) is 44.0 Å². The zero-order valence-corrected chi connectivity index (χ0v) is 14.8. The number of benzene rings is 2. The van der Waals surface area contributed by atoms with Gasteiger partial charge in [0, 0.05) is 12.6 Å². The molecule has 26 heavy (non-hydrogen) atoms. The number of methoxy groups -OCH3 is 2. The zero-order valence-electron chi connectivity index (χ0n) is 14.8. The van der Waals surface area contributed by atoms with Crippen LogP contribution in [0.3, 0.4) is 0 Å². The van der Waals surface area contributed by atoms with Crippen molar-refractivity contribution in [3.63, 3.8) is 0 Å². The molecule has 0 fully saturated rings. The second-order valence-corrected chi connectivity index (χ2v) is 6.02. The Morgan fingerprint density at radius 2 is 1.46 bits per heavy atom. The quantitative estimate of drug-likeness (QED) is 0.621. The van der Waals surface area contributed by atoms with Crippen LogP contribution in [0, 0.1) is 5.92 Å². The Morgan fingerprint density at radius 3 is 2.04 bits per heavy atom. The molecule has 3 rings (SSSR count). The number of fused-ring (bicyclic) bond motifs is 1. The minimum atomic E-state index is -1.36. The van der Waals surface area contributed by atoms with Crippen LogP contribution in [0.4, 0.5) is 0 Å². The molecule has 1 atom stereocenters. The van der Waals surface area contributed by atoms with Crippen LogP contribution in [0.1, 0.15) is 21.5 Å². The fourth-order valence-electron chi connectivity index (χ4n) is 3.75. The van der Waals surface area contributed by atoms with E-state index in [1.807, 2.05) is 6.07 Å². The summed E-state index contributed by atoms with van der Waals surface area (Å²) >= 11 is 0. The Kier molecular flexibility index (Phi) is 4.50. The number of rotatable bonds is 4. The molecule has 0 spiro atoms. The second kappa shape index (κ2) is 6.63. The lowest BCUT2D eigenvalue weighted by atomic mass is 9.72. The molecule has 0 N–H and O–H groups in total. The molecule has 2 aromatic rings. The maximum Gasteiger partial charge on any atom is 0.323 e. The zero-order chi connectivity index (χ0) is 18.9. The van der Waals surface area contributed by atoms with E-state index in [0.717, 1.165) is 0 Å². The Morgan fingerprint density at radius 1 is 0.923 bits per heavy atom. The molecule has 6 heteroatoms. The molecular formula is C20H19NO5. The minimum Gasteiger partial charge on any atom is -0.468 e. The molecule has 0 unspecified atom stereocenters. The first-order valence-electron chi connectivity index (χ1n) is 8.09. The highest BCUT2D eigenvalue weighted by Gasteiger charge is 2.60. The second-order valence-electron chi connectivity index (χ2n) is 6.02. The van der Waals surface area contributed by atoms with Gasteiger partial charge in [-0.1, -0.05) is 48.5 Å². The maximum atomic E-state index is 12.9. The summed E-state index contributed by atoms with van der Waals surface area (Å²) in [5, 5.41) is 0. The van der Waals surface area contributed by atoms with Gasteiger partial charge in [0.1, 0.15) is 5.54 Å². The first kappa shape index (κ1) is 17.7. The van der Waals surface area contributed by atoms with Crippen molar-refractivity contribution in [2.24, 2.45) is 5.92 Å². The topological polar surface area (TPSA) is 72.9 Å². The lowest BCUT2D eigenvalue weighted by Gasteiger charge is -2.41. The number of carbonyl (C=O) groups excluding carboxylic acids is 3. The van der Waals surface area contributed by atoms with Gasteiger partial charge < -0.3 is 14.4 Å². The van der Waals surface area contributed by atoms with E-state index in [9.17, 15) is 14.4 Å². The van der Waals surface area contributed by atoms with Gasteiger partial charge in [0.15, 0.2) is 5.92 Å². The molecule has 1 amide bonds. The number of hydrogen-bond acceptors (Lipinski definition) is 5. The van der Waals surface area contributed by atoms with Gasteiger partial charge in [-0.2, -0.15) is 0 Å². The fourth-order valence-corrected chi connectivity index (χ4v) is 3.75. The maximum absolute atomic E-state index is 12.9. The Bertz CT molecular complexity index is 848. The van der Waals surface area contributed by atoms with Gasteiger partial charge in [0.25, 0.3) is 5.91 Å². The van der Waals surface area contributed by atoms with Crippen molar-refractivity contribution in [3.05, 3.63) is 71.3 Å². The van der Waals surface area contributed by atoms with Crippen molar-refractivity contribution in [1.29, 1.82) is 0 Å². The van der Waals surface area contributed by atoms with E-state index >= 15 is 0 Å². The van der Waals surface area contributed by atoms with Gasteiger partial charge in [-0.25, -0.2) is 0 Å². The summed E-state index contributed by atoms with van der Waals surface area (Å²) in [7, 11) is 3.99. The normalized spacial score (nSPS) is 18.6. The number of ether oxygens (including phenoxy) is 2. The van der Waals surface area contributed by atoms with E-state index in [-0.39, 0.29) is 5.91 Å². The summed E-state index contributed by atoms with van der Waals surface area (Å²) in [6, 6.07) is 15.9. The van der Waals surface area contributed by atoms with Crippen molar-refractivity contribution < 1.29 is 23.9 Å². The third-order valence-electron chi connectivity index (χ3n) is 4.91. The lowest BCUT2D eigenvalue weighted by Crippen LogP contribution is -2.54. The Balaban J connectivity index is 2.41. The van der Waals surface area contributed by atoms with Crippen molar-refractivity contribution in [2.75, 3.05) is 21.3 Å². The number of carbonyl (C=O) groups is 3. The molecule has 0 aromatic heterocycles. The molecule has 0 aliphatic carbocycles. The molecule has 6 nitrogen and oxygen atoms in total. The van der Waals surface area contributed by atoms with Gasteiger partial charge in [-0.05, 0) is 17.2 Å². The Labute approximate surface area is 151 Å². The van der Waals surface area contributed by atoms with Crippen LogP contribution < -0.4 is 0 Å². The van der Waals surface area contributed by atoms with E-state index in [4.69, 9.17) is 9.47 Å². The fraction of sp³-hybridized carbons (Fsp3) is 0.250. The van der Waals surface area contributed by atoms with E-state index in [2.05, 4.69) is 0 Å². The summed E-state index contributed by atoms with van der Waals surface area (Å²) < 4.78 is 9.83. The first-order chi connectivity index (χ1) is 12.5. The van der Waals surface area contributed by atoms with Crippen molar-refractivity contribution >= 4 is 17.8 Å². The smallest absolute Gasteiger partial charge is 0.323 e. The van der Waals surface area contributed by atoms with Crippen molar-refractivity contribution in [2.45, 2.75) is 5.54 Å². The highest BCUT2D eigenvalue weighted by molar-refractivity contribution is 6.05. The van der Waals surface area contributed by atoms with E-state index < -0.39 is 23.4 Å². The summed E-state index contributed by atoms with van der Waals surface area (Å²) in [6.45, 7) is 0. The van der Waals surface area contributed by atoms with Crippen molar-refractivity contribution in [1.82, 2.24) is 4.90 Å². The van der Waals surface area contributed by atoms with Crippen LogP contribution in [0.25, 0.3) is 0 Å². The van der Waals surface area contributed by atoms with Crippen LogP contribution in [-0.2, 0) is 24.6 Å². The third-order valence-corrected chi connectivity index (χ3v) is 4.91. The molecule has 1 aliphatic rings. The molecule has 0 saturated heterocycles. The van der Waals surface area contributed by atoms with E-state index in [1.54, 1.807) is 55.6 Å². The molecule has 134 valence electrons. The van der Waals surface area contributed by atoms with Crippen LogP contribution in [0.2, 0.25) is 0 Å².